The summed E-state index contributed by atoms with van der Waals surface area (Å²) in [6, 6.07) is 7.76. The van der Waals surface area contributed by atoms with Gasteiger partial charge in [0.1, 0.15) is 23.1 Å². The van der Waals surface area contributed by atoms with Gasteiger partial charge in [0.25, 0.3) is 0 Å². The average molecular weight is 509 g/mol. The van der Waals surface area contributed by atoms with Gasteiger partial charge in [-0.3, -0.25) is 4.79 Å². The zero-order valence-corrected chi connectivity index (χ0v) is 20.6. The van der Waals surface area contributed by atoms with Crippen molar-refractivity contribution in [2.45, 2.75) is 50.6 Å². The lowest BCUT2D eigenvalue weighted by molar-refractivity contribution is -0.149. The molecular formula is C25H24Cl2F2N2O3. The van der Waals surface area contributed by atoms with Crippen LogP contribution in [0.2, 0.25) is 10.0 Å². The number of methoxy groups -OCH3 is 1. The molecule has 1 heterocycles. The average Bonchev–Trinajstić information content (AvgIpc) is 3.03. The molecule has 0 radical (unpaired) electrons. The number of hydrogen-bond donors (Lipinski definition) is 0. The van der Waals surface area contributed by atoms with Crippen LogP contribution < -0.4 is 0 Å². The van der Waals surface area contributed by atoms with Crippen molar-refractivity contribution < 1.29 is 23.1 Å². The molecule has 2 aromatic rings. The summed E-state index contributed by atoms with van der Waals surface area (Å²) in [7, 11) is 1.13. The minimum atomic E-state index is -1.87. The lowest BCUT2D eigenvalue weighted by Crippen LogP contribution is -2.46. The molecule has 0 saturated carbocycles. The Balaban J connectivity index is 2.49. The van der Waals surface area contributed by atoms with Crippen molar-refractivity contribution in [3.05, 3.63) is 69.2 Å². The van der Waals surface area contributed by atoms with Crippen molar-refractivity contribution in [3.63, 3.8) is 0 Å². The van der Waals surface area contributed by atoms with Crippen LogP contribution >= 0.6 is 23.2 Å². The predicted octanol–water partition coefficient (Wildman–Crippen LogP) is 5.64. The first-order valence-electron chi connectivity index (χ1n) is 10.5. The van der Waals surface area contributed by atoms with Crippen LogP contribution in [-0.4, -0.2) is 36.5 Å². The van der Waals surface area contributed by atoms with E-state index >= 15 is 8.78 Å². The molecule has 1 fully saturated rings. The maximum Gasteiger partial charge on any atom is 0.329 e. The van der Waals surface area contributed by atoms with Gasteiger partial charge in [-0.15, -0.1) is 0 Å². The molecule has 0 bridgehead atoms. The van der Waals surface area contributed by atoms with Crippen LogP contribution in [0.1, 0.15) is 44.2 Å². The summed E-state index contributed by atoms with van der Waals surface area (Å²) in [5.41, 5.74) is -2.52. The van der Waals surface area contributed by atoms with Crippen molar-refractivity contribution in [2.75, 3.05) is 7.11 Å². The number of amides is 1. The van der Waals surface area contributed by atoms with Crippen molar-refractivity contribution in [3.8, 4) is 6.07 Å². The van der Waals surface area contributed by atoms with Gasteiger partial charge in [-0.1, -0.05) is 62.2 Å². The molecule has 1 unspecified atom stereocenters. The molecule has 2 aromatic carbocycles. The third-order valence-corrected chi connectivity index (χ3v) is 6.79. The topological polar surface area (TPSA) is 70.4 Å². The SMILES string of the molecule is COC(=O)C1[C@H](c2cccc(Cl)c2F)[C@@](C#N)(c2ccc(Cl)cc2F)[C@H](CC(C)(C)C)N1C=O. The zero-order chi connectivity index (χ0) is 25.4. The summed E-state index contributed by atoms with van der Waals surface area (Å²) < 4.78 is 35.9. The van der Waals surface area contributed by atoms with Gasteiger partial charge in [-0.05, 0) is 35.6 Å². The highest BCUT2D eigenvalue weighted by atomic mass is 35.5. The van der Waals surface area contributed by atoms with Crippen LogP contribution in [0.15, 0.2) is 36.4 Å². The summed E-state index contributed by atoms with van der Waals surface area (Å²) in [5, 5.41) is 10.6. The van der Waals surface area contributed by atoms with Crippen molar-refractivity contribution >= 4 is 35.6 Å². The van der Waals surface area contributed by atoms with Gasteiger partial charge in [0.15, 0.2) is 0 Å². The Morgan fingerprint density at radius 2 is 1.94 bits per heavy atom. The van der Waals surface area contributed by atoms with E-state index in [1.807, 2.05) is 20.8 Å². The number of likely N-dealkylation sites (tertiary alicyclic amines) is 1. The van der Waals surface area contributed by atoms with Gasteiger partial charge < -0.3 is 9.64 Å². The fourth-order valence-electron chi connectivity index (χ4n) is 4.97. The molecule has 4 atom stereocenters. The number of halogens is 4. The van der Waals surface area contributed by atoms with Crippen LogP contribution in [0.25, 0.3) is 0 Å². The smallest absolute Gasteiger partial charge is 0.329 e. The molecule has 1 saturated heterocycles. The van der Waals surface area contributed by atoms with Gasteiger partial charge in [0, 0.05) is 16.5 Å². The van der Waals surface area contributed by atoms with E-state index in [1.165, 1.54) is 30.3 Å². The normalized spacial score (nSPS) is 24.6. The Morgan fingerprint density at radius 3 is 2.47 bits per heavy atom. The quantitative estimate of drug-likeness (QED) is 0.387. The van der Waals surface area contributed by atoms with E-state index in [2.05, 4.69) is 6.07 Å². The number of rotatable bonds is 5. The molecule has 5 nitrogen and oxygen atoms in total. The molecule has 180 valence electrons. The van der Waals surface area contributed by atoms with Crippen molar-refractivity contribution in [1.82, 2.24) is 4.90 Å². The molecule has 0 N–H and O–H groups in total. The minimum Gasteiger partial charge on any atom is -0.467 e. The standard InChI is InChI=1S/C25H24Cl2F2N2O3/c1-24(2,3)11-19-25(12-30,16-9-8-14(26)10-18(16)28)20(15-6-5-7-17(27)21(15)29)22(23(33)34-4)31(19)13-32/h5-10,13,19-20,22H,11H2,1-4H3/t19-,20-,22?,25-/m0/s1. The van der Waals surface area contributed by atoms with E-state index in [1.54, 1.807) is 0 Å². The lowest BCUT2D eigenvalue weighted by Gasteiger charge is -2.38. The first-order chi connectivity index (χ1) is 15.9. The molecule has 34 heavy (non-hydrogen) atoms. The summed E-state index contributed by atoms with van der Waals surface area (Å²) >= 11 is 12.0. The third kappa shape index (κ3) is 4.25. The van der Waals surface area contributed by atoms with Crippen LogP contribution in [0.3, 0.4) is 0 Å². The molecule has 3 rings (SSSR count). The fraction of sp³-hybridized carbons (Fsp3) is 0.400. The Hall–Kier alpha value is -2.69. The second-order valence-corrected chi connectivity index (χ2v) is 10.4. The second-order valence-electron chi connectivity index (χ2n) is 9.53. The largest absolute Gasteiger partial charge is 0.467 e. The molecule has 0 aliphatic carbocycles. The zero-order valence-electron chi connectivity index (χ0n) is 19.1. The highest BCUT2D eigenvalue weighted by Crippen LogP contribution is 2.56. The van der Waals surface area contributed by atoms with E-state index in [0.29, 0.717) is 6.41 Å². The Bertz CT molecular complexity index is 1160. The molecule has 1 aliphatic rings. The third-order valence-electron chi connectivity index (χ3n) is 6.26. The summed E-state index contributed by atoms with van der Waals surface area (Å²) in [4.78, 5) is 26.6. The molecule has 9 heteroatoms. The van der Waals surface area contributed by atoms with Gasteiger partial charge >= 0.3 is 5.97 Å². The van der Waals surface area contributed by atoms with Crippen molar-refractivity contribution in [1.29, 1.82) is 5.26 Å². The number of carbonyl (C=O) groups is 2. The van der Waals surface area contributed by atoms with Gasteiger partial charge in [-0.25, -0.2) is 13.6 Å². The first-order valence-corrected chi connectivity index (χ1v) is 11.3. The molecule has 0 aromatic heterocycles. The van der Waals surface area contributed by atoms with Gasteiger partial charge in [0.05, 0.1) is 24.2 Å². The molecule has 1 amide bonds. The van der Waals surface area contributed by atoms with E-state index < -0.39 is 46.4 Å². The maximum absolute atomic E-state index is 15.5. The highest BCUT2D eigenvalue weighted by Gasteiger charge is 2.65. The Labute approximate surface area is 207 Å². The van der Waals surface area contributed by atoms with Crippen LogP contribution in [0, 0.1) is 28.4 Å². The first kappa shape index (κ1) is 25.9. The van der Waals surface area contributed by atoms with E-state index in [9.17, 15) is 14.9 Å². The molecule has 0 spiro atoms. The fourth-order valence-corrected chi connectivity index (χ4v) is 5.31. The van der Waals surface area contributed by atoms with Crippen LogP contribution in [0.4, 0.5) is 8.78 Å². The highest BCUT2D eigenvalue weighted by molar-refractivity contribution is 6.31. The monoisotopic (exact) mass is 508 g/mol. The van der Waals surface area contributed by atoms with E-state index in [0.717, 1.165) is 18.1 Å². The number of esters is 1. The second kappa shape index (κ2) is 9.52. The number of nitrogens with zero attached hydrogens (tertiary/aromatic N) is 2. The predicted molar refractivity (Wildman–Crippen MR) is 124 cm³/mol. The number of carbonyl (C=O) groups excluding carboxylic acids is 2. The Morgan fingerprint density at radius 1 is 1.26 bits per heavy atom. The summed E-state index contributed by atoms with van der Waals surface area (Å²) in [6.45, 7) is 5.66. The minimum absolute atomic E-state index is 0.0953. The number of benzene rings is 2. The number of ether oxygens (including phenoxy) is 1. The molecule has 1 aliphatic heterocycles. The van der Waals surface area contributed by atoms with E-state index in [-0.39, 0.29) is 27.6 Å². The lowest BCUT2D eigenvalue weighted by atomic mass is 9.62. The summed E-state index contributed by atoms with van der Waals surface area (Å²) in [5.74, 6) is -3.85. The number of hydrogen-bond acceptors (Lipinski definition) is 4. The van der Waals surface area contributed by atoms with Crippen molar-refractivity contribution in [2.24, 2.45) is 5.41 Å². The van der Waals surface area contributed by atoms with Crippen LogP contribution in [-0.2, 0) is 19.7 Å². The van der Waals surface area contributed by atoms with Crippen LogP contribution in [0.5, 0.6) is 0 Å². The van der Waals surface area contributed by atoms with Gasteiger partial charge in [0.2, 0.25) is 6.41 Å². The summed E-state index contributed by atoms with van der Waals surface area (Å²) in [6.07, 6.45) is 0.633. The number of nitriles is 1. The molecular weight excluding hydrogens is 485 g/mol. The van der Waals surface area contributed by atoms with E-state index in [4.69, 9.17) is 27.9 Å². The Kier molecular flexibility index (Phi) is 7.26. The maximum atomic E-state index is 15.5. The van der Waals surface area contributed by atoms with Gasteiger partial charge in [-0.2, -0.15) is 5.26 Å².